The molecule has 0 N–H and O–H groups in total. The first-order chi connectivity index (χ1) is 10.3. The van der Waals surface area contributed by atoms with Crippen LogP contribution in [0, 0.1) is 0 Å². The largest absolute Gasteiger partial charge is 0.465 e. The van der Waals surface area contributed by atoms with Crippen LogP contribution < -0.4 is 0 Å². The molecule has 21 heavy (non-hydrogen) atoms. The Morgan fingerprint density at radius 1 is 1.05 bits per heavy atom. The van der Waals surface area contributed by atoms with Gasteiger partial charge in [0.2, 0.25) is 5.82 Å². The molecule has 0 radical (unpaired) electrons. The highest BCUT2D eigenvalue weighted by Gasteiger charge is 2.08. The number of hydrogen-bond acceptors (Lipinski definition) is 5. The highest BCUT2D eigenvalue weighted by Crippen LogP contribution is 2.14. The maximum atomic E-state index is 11.4. The van der Waals surface area contributed by atoms with Gasteiger partial charge < -0.3 is 4.74 Å². The lowest BCUT2D eigenvalue weighted by Crippen LogP contribution is -2.03. The number of benzene rings is 2. The van der Waals surface area contributed by atoms with Crippen molar-refractivity contribution in [2.75, 3.05) is 7.11 Å². The smallest absolute Gasteiger partial charge is 0.337 e. The number of hydrogen-bond donors (Lipinski definition) is 0. The van der Waals surface area contributed by atoms with Crippen molar-refractivity contribution in [3.8, 4) is 17.1 Å². The normalized spacial score (nSPS) is 10.3. The molecule has 0 aliphatic carbocycles. The molecule has 1 aromatic heterocycles. The summed E-state index contributed by atoms with van der Waals surface area (Å²) in [5.41, 5.74) is 2.09. The molecule has 1 heterocycles. The molecule has 0 unspecified atom stereocenters. The van der Waals surface area contributed by atoms with Crippen LogP contribution in [0.25, 0.3) is 17.1 Å². The van der Waals surface area contributed by atoms with Crippen LogP contribution in [0.3, 0.4) is 0 Å². The summed E-state index contributed by atoms with van der Waals surface area (Å²) in [5, 5.41) is 12.4. The molecule has 0 fully saturated rings. The minimum absolute atomic E-state index is 0.377. The summed E-state index contributed by atoms with van der Waals surface area (Å²) in [6.07, 6.45) is 0. The maximum absolute atomic E-state index is 11.4. The van der Waals surface area contributed by atoms with Crippen LogP contribution in [0.15, 0.2) is 54.6 Å². The molecule has 2 aromatic carbocycles. The number of aromatic nitrogens is 4. The summed E-state index contributed by atoms with van der Waals surface area (Å²) in [4.78, 5) is 12.8. The Kier molecular flexibility index (Phi) is 3.42. The van der Waals surface area contributed by atoms with Gasteiger partial charge in [0, 0.05) is 5.56 Å². The molecular weight excluding hydrogens is 268 g/mol. The second-order valence-electron chi connectivity index (χ2n) is 4.31. The quantitative estimate of drug-likeness (QED) is 0.687. The Hall–Kier alpha value is -3.02. The summed E-state index contributed by atoms with van der Waals surface area (Å²) in [7, 11) is 1.35. The third kappa shape index (κ3) is 2.64. The fraction of sp³-hybridized carbons (Fsp3) is 0.0667. The first-order valence-corrected chi connectivity index (χ1v) is 6.32. The molecule has 6 heteroatoms. The summed E-state index contributed by atoms with van der Waals surface area (Å²) < 4.78 is 4.65. The summed E-state index contributed by atoms with van der Waals surface area (Å²) in [6.45, 7) is 0. The van der Waals surface area contributed by atoms with Gasteiger partial charge in [-0.2, -0.15) is 0 Å². The van der Waals surface area contributed by atoms with Gasteiger partial charge >= 0.3 is 5.97 Å². The van der Waals surface area contributed by atoms with E-state index in [0.717, 1.165) is 11.3 Å². The van der Waals surface area contributed by atoms with Crippen molar-refractivity contribution in [1.82, 2.24) is 20.2 Å². The van der Waals surface area contributed by atoms with Crippen molar-refractivity contribution in [2.45, 2.75) is 0 Å². The Balaban J connectivity index is 1.88. The van der Waals surface area contributed by atoms with E-state index in [0.29, 0.717) is 11.4 Å². The standard InChI is InChI=1S/C15H12N4O2/c1-21-15(20)12-7-9-13(10-8-12)19-17-14(16-18-19)11-5-3-2-4-6-11/h2-10H,1H3. The number of nitrogens with zero attached hydrogens (tertiary/aromatic N) is 4. The fourth-order valence-electron chi connectivity index (χ4n) is 1.88. The van der Waals surface area contributed by atoms with E-state index in [1.165, 1.54) is 11.9 Å². The second kappa shape index (κ2) is 5.54. The zero-order valence-corrected chi connectivity index (χ0v) is 11.3. The molecule has 3 aromatic rings. The van der Waals surface area contributed by atoms with E-state index in [-0.39, 0.29) is 5.97 Å². The van der Waals surface area contributed by atoms with E-state index >= 15 is 0 Å². The molecule has 0 bridgehead atoms. The van der Waals surface area contributed by atoms with E-state index in [1.54, 1.807) is 24.3 Å². The number of esters is 1. The first kappa shape index (κ1) is 13.0. The van der Waals surface area contributed by atoms with Gasteiger partial charge in [0.25, 0.3) is 0 Å². The van der Waals surface area contributed by atoms with Crippen molar-refractivity contribution >= 4 is 5.97 Å². The minimum Gasteiger partial charge on any atom is -0.465 e. The number of ether oxygens (including phenoxy) is 1. The van der Waals surface area contributed by atoms with E-state index in [9.17, 15) is 4.79 Å². The zero-order valence-electron chi connectivity index (χ0n) is 11.3. The van der Waals surface area contributed by atoms with Crippen LogP contribution in [0.1, 0.15) is 10.4 Å². The van der Waals surface area contributed by atoms with Gasteiger partial charge in [0.15, 0.2) is 0 Å². The molecule has 0 aliphatic rings. The van der Waals surface area contributed by atoms with Crippen molar-refractivity contribution in [1.29, 1.82) is 0 Å². The minimum atomic E-state index is -0.377. The molecule has 0 spiro atoms. The van der Waals surface area contributed by atoms with Gasteiger partial charge in [0.1, 0.15) is 0 Å². The average Bonchev–Trinajstić information content (AvgIpc) is 3.05. The highest BCUT2D eigenvalue weighted by atomic mass is 16.5. The first-order valence-electron chi connectivity index (χ1n) is 6.32. The molecule has 6 nitrogen and oxygen atoms in total. The Morgan fingerprint density at radius 3 is 2.43 bits per heavy atom. The molecule has 104 valence electrons. The van der Waals surface area contributed by atoms with Crippen LogP contribution in [0.2, 0.25) is 0 Å². The summed E-state index contributed by atoms with van der Waals surface area (Å²) >= 11 is 0. The lowest BCUT2D eigenvalue weighted by atomic mass is 10.2. The van der Waals surface area contributed by atoms with Crippen LogP contribution in [0.4, 0.5) is 0 Å². The van der Waals surface area contributed by atoms with Crippen LogP contribution >= 0.6 is 0 Å². The summed E-state index contributed by atoms with van der Waals surface area (Å²) in [6, 6.07) is 16.4. The lowest BCUT2D eigenvalue weighted by Gasteiger charge is -2.01. The molecule has 0 aliphatic heterocycles. The second-order valence-corrected chi connectivity index (χ2v) is 4.31. The number of carbonyl (C=O) groups excluding carboxylic acids is 1. The van der Waals surface area contributed by atoms with Gasteiger partial charge in [-0.1, -0.05) is 30.3 Å². The lowest BCUT2D eigenvalue weighted by molar-refractivity contribution is 0.0600. The van der Waals surface area contributed by atoms with Gasteiger partial charge in [-0.3, -0.25) is 0 Å². The van der Waals surface area contributed by atoms with Crippen LogP contribution in [-0.4, -0.2) is 33.3 Å². The van der Waals surface area contributed by atoms with E-state index in [2.05, 4.69) is 20.1 Å². The van der Waals surface area contributed by atoms with E-state index in [4.69, 9.17) is 0 Å². The number of rotatable bonds is 3. The van der Waals surface area contributed by atoms with Crippen LogP contribution in [-0.2, 0) is 4.74 Å². The molecule has 0 atom stereocenters. The SMILES string of the molecule is COC(=O)c1ccc(-n2nnc(-c3ccccc3)n2)cc1. The Labute approximate surface area is 121 Å². The predicted octanol–water partition coefficient (Wildman–Crippen LogP) is 2.12. The zero-order chi connectivity index (χ0) is 14.7. The third-order valence-electron chi connectivity index (χ3n) is 2.96. The van der Waals surface area contributed by atoms with Crippen molar-refractivity contribution in [2.24, 2.45) is 0 Å². The maximum Gasteiger partial charge on any atom is 0.337 e. The number of methoxy groups -OCH3 is 1. The number of carbonyl (C=O) groups is 1. The van der Waals surface area contributed by atoms with E-state index < -0.39 is 0 Å². The van der Waals surface area contributed by atoms with Crippen molar-refractivity contribution in [3.05, 3.63) is 60.2 Å². The topological polar surface area (TPSA) is 69.9 Å². The Bertz CT molecular complexity index is 751. The van der Waals surface area contributed by atoms with Crippen molar-refractivity contribution in [3.63, 3.8) is 0 Å². The third-order valence-corrected chi connectivity index (χ3v) is 2.96. The average molecular weight is 280 g/mol. The fourth-order valence-corrected chi connectivity index (χ4v) is 1.88. The predicted molar refractivity (Wildman–Crippen MR) is 75.9 cm³/mol. The van der Waals surface area contributed by atoms with Crippen LogP contribution in [0.5, 0.6) is 0 Å². The molecule has 0 amide bonds. The number of tetrazole rings is 1. The summed E-state index contributed by atoms with van der Waals surface area (Å²) in [5.74, 6) is 0.172. The van der Waals surface area contributed by atoms with Crippen molar-refractivity contribution < 1.29 is 9.53 Å². The molecule has 0 saturated heterocycles. The molecule has 0 saturated carbocycles. The Morgan fingerprint density at radius 2 is 1.76 bits per heavy atom. The highest BCUT2D eigenvalue weighted by molar-refractivity contribution is 5.89. The molecule has 3 rings (SSSR count). The van der Waals surface area contributed by atoms with E-state index in [1.807, 2.05) is 30.3 Å². The van der Waals surface area contributed by atoms with Gasteiger partial charge in [-0.15, -0.1) is 15.0 Å². The molecular formula is C15H12N4O2. The monoisotopic (exact) mass is 280 g/mol. The van der Waals surface area contributed by atoms with Gasteiger partial charge in [-0.05, 0) is 29.5 Å². The van der Waals surface area contributed by atoms with Gasteiger partial charge in [0.05, 0.1) is 18.4 Å². The van der Waals surface area contributed by atoms with Gasteiger partial charge in [-0.25, -0.2) is 4.79 Å².